The van der Waals surface area contributed by atoms with Gasteiger partial charge in [0.2, 0.25) is 0 Å². The van der Waals surface area contributed by atoms with E-state index in [2.05, 4.69) is 182 Å². The van der Waals surface area contributed by atoms with Crippen molar-refractivity contribution in [2.45, 2.75) is 0 Å². The molecule has 0 aliphatic carbocycles. The van der Waals surface area contributed by atoms with Gasteiger partial charge in [0.25, 0.3) is 0 Å². The molecule has 0 aliphatic heterocycles. The maximum absolute atomic E-state index is 2.41. The Hall–Kier alpha value is -5.98. The fraction of sp³-hybridized carbons (Fsp3) is 0. The molecule has 0 nitrogen and oxygen atoms in total. The van der Waals surface area contributed by atoms with Crippen LogP contribution in [0.15, 0.2) is 182 Å². The molecule has 0 spiro atoms. The van der Waals surface area contributed by atoms with Crippen molar-refractivity contribution in [2.24, 2.45) is 0 Å². The normalized spacial score (nSPS) is 11.5. The summed E-state index contributed by atoms with van der Waals surface area (Å²) in [4.78, 5) is 0. The first kappa shape index (κ1) is 26.4. The molecule has 0 N–H and O–H groups in total. The Kier molecular flexibility index (Phi) is 6.25. The van der Waals surface area contributed by atoms with E-state index in [9.17, 15) is 0 Å². The maximum atomic E-state index is 2.41. The molecule has 0 saturated carbocycles. The Morgan fingerprint density at radius 2 is 0.652 bits per heavy atom. The van der Waals surface area contributed by atoms with Gasteiger partial charge in [-0.2, -0.15) is 0 Å². The predicted molar refractivity (Wildman–Crippen MR) is 198 cm³/mol. The van der Waals surface area contributed by atoms with Crippen molar-refractivity contribution in [3.8, 4) is 44.5 Å². The van der Waals surface area contributed by atoms with E-state index in [1.54, 1.807) is 0 Å². The first-order valence-electron chi connectivity index (χ1n) is 15.9. The van der Waals surface area contributed by atoms with Crippen LogP contribution in [-0.2, 0) is 0 Å². The van der Waals surface area contributed by atoms with E-state index in [1.165, 1.54) is 87.6 Å². The van der Waals surface area contributed by atoms with Gasteiger partial charge in [0.05, 0.1) is 0 Å². The van der Waals surface area contributed by atoms with Crippen LogP contribution >= 0.6 is 0 Å². The van der Waals surface area contributed by atoms with Crippen molar-refractivity contribution in [3.05, 3.63) is 182 Å². The van der Waals surface area contributed by atoms with E-state index in [1.807, 2.05) is 0 Å². The quantitative estimate of drug-likeness (QED) is 0.181. The predicted octanol–water partition coefficient (Wildman–Crippen LogP) is 13.0. The summed E-state index contributed by atoms with van der Waals surface area (Å²) < 4.78 is 0. The first-order valence-corrected chi connectivity index (χ1v) is 15.9. The van der Waals surface area contributed by atoms with Crippen molar-refractivity contribution >= 4 is 43.1 Å². The second kappa shape index (κ2) is 10.9. The van der Waals surface area contributed by atoms with Gasteiger partial charge < -0.3 is 0 Å². The Morgan fingerprint density at radius 3 is 1.28 bits per heavy atom. The van der Waals surface area contributed by atoms with Crippen LogP contribution < -0.4 is 0 Å². The van der Waals surface area contributed by atoms with Gasteiger partial charge in [-0.1, -0.05) is 170 Å². The van der Waals surface area contributed by atoms with Crippen molar-refractivity contribution in [1.29, 1.82) is 0 Å². The fourth-order valence-electron chi connectivity index (χ4n) is 7.32. The minimum atomic E-state index is 1.23. The summed E-state index contributed by atoms with van der Waals surface area (Å²) in [5, 5.41) is 10.1. The average molecular weight is 583 g/mol. The van der Waals surface area contributed by atoms with E-state index < -0.39 is 0 Å². The first-order chi connectivity index (χ1) is 22.8. The summed E-state index contributed by atoms with van der Waals surface area (Å²) in [6, 6.07) is 66.6. The van der Waals surface area contributed by atoms with E-state index in [-0.39, 0.29) is 0 Å². The van der Waals surface area contributed by atoms with Crippen LogP contribution in [0.1, 0.15) is 0 Å². The molecule has 0 heterocycles. The Bertz CT molecular complexity index is 2490. The van der Waals surface area contributed by atoms with Crippen LogP contribution in [0.3, 0.4) is 0 Å². The Labute approximate surface area is 268 Å². The van der Waals surface area contributed by atoms with Crippen molar-refractivity contribution in [2.75, 3.05) is 0 Å². The van der Waals surface area contributed by atoms with E-state index in [0.29, 0.717) is 0 Å². The molecule has 46 heavy (non-hydrogen) atoms. The largest absolute Gasteiger partial charge is 0.0622 e. The third-order valence-electron chi connectivity index (χ3n) is 9.45. The van der Waals surface area contributed by atoms with E-state index in [0.717, 1.165) is 0 Å². The minimum Gasteiger partial charge on any atom is -0.0622 e. The number of hydrogen-bond donors (Lipinski definition) is 0. The van der Waals surface area contributed by atoms with Crippen molar-refractivity contribution in [3.63, 3.8) is 0 Å². The zero-order valence-corrected chi connectivity index (χ0v) is 25.3. The molecule has 0 radical (unpaired) electrons. The van der Waals surface area contributed by atoms with Gasteiger partial charge in [-0.25, -0.2) is 0 Å². The van der Waals surface area contributed by atoms with Crippen LogP contribution in [0.2, 0.25) is 0 Å². The average Bonchev–Trinajstić information content (AvgIpc) is 3.13. The highest BCUT2D eigenvalue weighted by molar-refractivity contribution is 6.23. The molecule has 0 saturated heterocycles. The topological polar surface area (TPSA) is 0 Å². The Morgan fingerprint density at radius 1 is 0.217 bits per heavy atom. The molecule has 0 aliphatic rings. The smallest absolute Gasteiger partial charge is 0.00199 e. The molecule has 0 heteroatoms. The van der Waals surface area contributed by atoms with Crippen molar-refractivity contribution < 1.29 is 0 Å². The summed E-state index contributed by atoms with van der Waals surface area (Å²) in [6.07, 6.45) is 0. The number of hydrogen-bond acceptors (Lipinski definition) is 0. The summed E-state index contributed by atoms with van der Waals surface area (Å²) in [7, 11) is 0. The monoisotopic (exact) mass is 582 g/mol. The maximum Gasteiger partial charge on any atom is -0.00199 e. The lowest BCUT2D eigenvalue weighted by molar-refractivity contribution is 1.61. The van der Waals surface area contributed by atoms with Gasteiger partial charge in [-0.15, -0.1) is 0 Å². The van der Waals surface area contributed by atoms with Crippen LogP contribution in [0, 0.1) is 0 Å². The summed E-state index contributed by atoms with van der Waals surface area (Å²) >= 11 is 0. The highest BCUT2D eigenvalue weighted by atomic mass is 14.2. The highest BCUT2D eigenvalue weighted by Crippen LogP contribution is 2.48. The number of fused-ring (bicyclic) bond motifs is 4. The lowest BCUT2D eigenvalue weighted by atomic mass is 9.82. The minimum absolute atomic E-state index is 1.23. The molecule has 0 fully saturated rings. The molecule has 214 valence electrons. The molecule has 0 unspecified atom stereocenters. The van der Waals surface area contributed by atoms with Crippen LogP contribution in [0.5, 0.6) is 0 Å². The molecule has 0 bridgehead atoms. The Balaban J connectivity index is 1.37. The molecule has 9 aromatic rings. The summed E-state index contributed by atoms with van der Waals surface area (Å²) in [6.45, 7) is 0. The fourth-order valence-corrected chi connectivity index (χ4v) is 7.32. The molecule has 0 aromatic heterocycles. The van der Waals surface area contributed by atoms with Crippen LogP contribution in [0.25, 0.3) is 87.6 Å². The third-order valence-corrected chi connectivity index (χ3v) is 9.45. The summed E-state index contributed by atoms with van der Waals surface area (Å²) in [5.41, 5.74) is 10.0. The van der Waals surface area contributed by atoms with Crippen LogP contribution in [-0.4, -0.2) is 0 Å². The standard InChI is InChI=1S/C46H30/c1-2-13-31(14-3-1)32-25-27-34(28-26-32)45-39-20-8-10-22-41(39)46(42-23-11-9-21-40(42)45)44-30-36-17-5-4-16-35(36)29-43(44)38-24-12-18-33-15-6-7-19-37(33)38/h1-30H. The highest BCUT2D eigenvalue weighted by Gasteiger charge is 2.20. The lowest BCUT2D eigenvalue weighted by Gasteiger charge is -2.21. The van der Waals surface area contributed by atoms with Gasteiger partial charge in [0.1, 0.15) is 0 Å². The molecule has 9 rings (SSSR count). The molecular weight excluding hydrogens is 553 g/mol. The zero-order chi connectivity index (χ0) is 30.5. The van der Waals surface area contributed by atoms with E-state index in [4.69, 9.17) is 0 Å². The third kappa shape index (κ3) is 4.30. The second-order valence-electron chi connectivity index (χ2n) is 12.1. The van der Waals surface area contributed by atoms with Gasteiger partial charge in [0.15, 0.2) is 0 Å². The zero-order valence-electron chi connectivity index (χ0n) is 25.3. The lowest BCUT2D eigenvalue weighted by Crippen LogP contribution is -1.94. The molecule has 0 amide bonds. The SMILES string of the molecule is c1ccc(-c2ccc(-c3c4ccccc4c(-c4cc5ccccc5cc4-c4cccc5ccccc45)c4ccccc34)cc2)cc1. The van der Waals surface area contributed by atoms with Gasteiger partial charge in [-0.05, 0) is 99.7 Å². The molecule has 0 atom stereocenters. The molecule has 9 aromatic carbocycles. The van der Waals surface area contributed by atoms with Gasteiger partial charge >= 0.3 is 0 Å². The van der Waals surface area contributed by atoms with Gasteiger partial charge in [-0.3, -0.25) is 0 Å². The van der Waals surface area contributed by atoms with Crippen LogP contribution in [0.4, 0.5) is 0 Å². The summed E-state index contributed by atoms with van der Waals surface area (Å²) in [5.74, 6) is 0. The van der Waals surface area contributed by atoms with E-state index >= 15 is 0 Å². The second-order valence-corrected chi connectivity index (χ2v) is 12.1. The molecular formula is C46H30. The van der Waals surface area contributed by atoms with Crippen molar-refractivity contribution in [1.82, 2.24) is 0 Å². The number of rotatable bonds is 4. The van der Waals surface area contributed by atoms with Gasteiger partial charge in [0, 0.05) is 0 Å². The number of benzene rings is 9.